The Kier molecular flexibility index (Phi) is 8.12. The minimum atomic E-state index is 0.645. The van der Waals surface area contributed by atoms with Gasteiger partial charge in [0.05, 0.1) is 11.0 Å². The second kappa shape index (κ2) is 13.8. The molecule has 0 unspecified atom stereocenters. The molecule has 8 aromatic carbocycles. The van der Waals surface area contributed by atoms with Crippen molar-refractivity contribution >= 4 is 21.8 Å². The molecule has 0 aliphatic rings. The lowest BCUT2D eigenvalue weighted by Crippen LogP contribution is -2.00. The van der Waals surface area contributed by atoms with E-state index >= 15 is 0 Å². The highest BCUT2D eigenvalue weighted by Crippen LogP contribution is 2.40. The van der Waals surface area contributed by atoms with Crippen molar-refractivity contribution in [2.24, 2.45) is 0 Å². The van der Waals surface area contributed by atoms with Crippen LogP contribution in [0.5, 0.6) is 0 Å². The van der Waals surface area contributed by atoms with Crippen molar-refractivity contribution in [3.05, 3.63) is 206 Å². The molecule has 0 bridgehead atoms. The van der Waals surface area contributed by atoms with E-state index in [2.05, 4.69) is 150 Å². The number of hydrogen-bond donors (Lipinski definition) is 0. The van der Waals surface area contributed by atoms with Crippen molar-refractivity contribution < 1.29 is 0 Å². The molecule has 0 N–H and O–H groups in total. The SMILES string of the molecule is c1ccc(-c2nc(-c3ccccc3)nc(-c3ccc(-c4cccc(-c5ccc6c(c5)c5cccc(-c7ccccc7)c5n6-c5ccccc5)c4)cc3)n2)cc1. The molecule has 0 aliphatic carbocycles. The summed E-state index contributed by atoms with van der Waals surface area (Å²) in [4.78, 5) is 14.7. The zero-order chi connectivity index (χ0) is 36.6. The first-order valence-corrected chi connectivity index (χ1v) is 18.5. The summed E-state index contributed by atoms with van der Waals surface area (Å²) in [5.41, 5.74) is 13.4. The number of rotatable bonds is 7. The van der Waals surface area contributed by atoms with Gasteiger partial charge >= 0.3 is 0 Å². The lowest BCUT2D eigenvalue weighted by atomic mass is 9.97. The Morgan fingerprint density at radius 2 is 0.727 bits per heavy atom. The summed E-state index contributed by atoms with van der Waals surface area (Å²) in [5.74, 6) is 1.95. The van der Waals surface area contributed by atoms with E-state index in [0.29, 0.717) is 17.5 Å². The van der Waals surface area contributed by atoms with Crippen LogP contribution in [0.2, 0.25) is 0 Å². The van der Waals surface area contributed by atoms with Crippen LogP contribution in [0.3, 0.4) is 0 Å². The second-order valence-electron chi connectivity index (χ2n) is 13.7. The maximum Gasteiger partial charge on any atom is 0.164 e. The number of aromatic nitrogens is 4. The van der Waals surface area contributed by atoms with E-state index < -0.39 is 0 Å². The van der Waals surface area contributed by atoms with Gasteiger partial charge in [-0.25, -0.2) is 15.0 Å². The van der Waals surface area contributed by atoms with Crippen molar-refractivity contribution in [3.63, 3.8) is 0 Å². The van der Waals surface area contributed by atoms with Gasteiger partial charge in [-0.05, 0) is 58.1 Å². The van der Waals surface area contributed by atoms with Crippen LogP contribution >= 0.6 is 0 Å². The summed E-state index contributed by atoms with van der Waals surface area (Å²) < 4.78 is 2.41. The van der Waals surface area contributed by atoms with Gasteiger partial charge in [0.25, 0.3) is 0 Å². The molecule has 0 saturated carbocycles. The smallest absolute Gasteiger partial charge is 0.164 e. The van der Waals surface area contributed by atoms with Crippen LogP contribution in [-0.2, 0) is 0 Å². The van der Waals surface area contributed by atoms with Crippen LogP contribution in [-0.4, -0.2) is 19.5 Å². The van der Waals surface area contributed by atoms with Crippen molar-refractivity contribution in [3.8, 4) is 73.2 Å². The summed E-state index contributed by atoms with van der Waals surface area (Å²) in [6.45, 7) is 0. The fraction of sp³-hybridized carbons (Fsp3) is 0. The largest absolute Gasteiger partial charge is 0.309 e. The van der Waals surface area contributed by atoms with E-state index in [1.807, 2.05) is 60.7 Å². The van der Waals surface area contributed by atoms with E-state index in [0.717, 1.165) is 33.5 Å². The monoisotopic (exact) mass is 702 g/mol. The van der Waals surface area contributed by atoms with Crippen LogP contribution < -0.4 is 0 Å². The molecule has 2 heterocycles. The van der Waals surface area contributed by atoms with Crippen molar-refractivity contribution in [1.29, 1.82) is 0 Å². The Morgan fingerprint density at radius 1 is 0.291 bits per heavy atom. The maximum atomic E-state index is 4.92. The highest BCUT2D eigenvalue weighted by Gasteiger charge is 2.18. The van der Waals surface area contributed by atoms with Crippen LogP contribution in [0, 0.1) is 0 Å². The fourth-order valence-corrected chi connectivity index (χ4v) is 7.57. The minimum absolute atomic E-state index is 0.645. The van der Waals surface area contributed by atoms with Gasteiger partial charge in [-0.2, -0.15) is 0 Å². The standard InChI is InChI=1S/C51H34N4/c1-5-15-36(16-6-1)44-25-14-26-45-46-34-42(31-32-47(46)55(48(44)45)43-23-11-4-12-24-43)41-22-13-21-40(33-41)35-27-29-39(30-28-35)51-53-49(37-17-7-2-8-18-37)52-50(54-51)38-19-9-3-10-20-38/h1-34H. The molecule has 0 radical (unpaired) electrons. The molecule has 0 amide bonds. The van der Waals surface area contributed by atoms with Crippen LogP contribution in [0.25, 0.3) is 95.0 Å². The first-order chi connectivity index (χ1) is 27.3. The predicted molar refractivity (Wildman–Crippen MR) is 227 cm³/mol. The Hall–Kier alpha value is -7.43. The summed E-state index contributed by atoms with van der Waals surface area (Å²) in [7, 11) is 0. The summed E-state index contributed by atoms with van der Waals surface area (Å²) in [5, 5.41) is 2.46. The Morgan fingerprint density at radius 3 is 1.33 bits per heavy atom. The van der Waals surface area contributed by atoms with E-state index in [-0.39, 0.29) is 0 Å². The summed E-state index contributed by atoms with van der Waals surface area (Å²) >= 11 is 0. The normalized spacial score (nSPS) is 11.3. The molecule has 0 spiro atoms. The second-order valence-corrected chi connectivity index (χ2v) is 13.7. The van der Waals surface area contributed by atoms with Gasteiger partial charge in [-0.15, -0.1) is 0 Å². The average molecular weight is 703 g/mol. The van der Waals surface area contributed by atoms with Gasteiger partial charge in [-0.1, -0.05) is 176 Å². The van der Waals surface area contributed by atoms with Gasteiger partial charge in [0.1, 0.15) is 0 Å². The number of benzene rings is 8. The lowest BCUT2D eigenvalue weighted by molar-refractivity contribution is 1.07. The predicted octanol–water partition coefficient (Wildman–Crippen LogP) is 13.0. The number of para-hydroxylation sites is 2. The van der Waals surface area contributed by atoms with Gasteiger partial charge in [0.2, 0.25) is 0 Å². The third kappa shape index (κ3) is 6.06. The van der Waals surface area contributed by atoms with Gasteiger partial charge < -0.3 is 4.57 Å². The summed E-state index contributed by atoms with van der Waals surface area (Å²) in [6, 6.07) is 72.4. The molecular formula is C51H34N4. The molecule has 0 aliphatic heterocycles. The lowest BCUT2D eigenvalue weighted by Gasteiger charge is -2.12. The van der Waals surface area contributed by atoms with Gasteiger partial charge in [-0.3, -0.25) is 0 Å². The van der Waals surface area contributed by atoms with E-state index in [9.17, 15) is 0 Å². The third-order valence-electron chi connectivity index (χ3n) is 10.3. The van der Waals surface area contributed by atoms with Gasteiger partial charge in [0.15, 0.2) is 17.5 Å². The van der Waals surface area contributed by atoms with Gasteiger partial charge in [0, 0.05) is 38.7 Å². The highest BCUT2D eigenvalue weighted by molar-refractivity contribution is 6.14. The zero-order valence-electron chi connectivity index (χ0n) is 29.9. The van der Waals surface area contributed by atoms with Crippen LogP contribution in [0.1, 0.15) is 0 Å². The number of fused-ring (bicyclic) bond motifs is 3. The molecule has 0 saturated heterocycles. The molecule has 258 valence electrons. The van der Waals surface area contributed by atoms with Crippen LogP contribution in [0.4, 0.5) is 0 Å². The van der Waals surface area contributed by atoms with Crippen LogP contribution in [0.15, 0.2) is 206 Å². The van der Waals surface area contributed by atoms with Crippen molar-refractivity contribution in [2.45, 2.75) is 0 Å². The molecule has 55 heavy (non-hydrogen) atoms. The molecule has 10 aromatic rings. The Bertz CT molecular complexity index is 2880. The number of hydrogen-bond acceptors (Lipinski definition) is 3. The zero-order valence-corrected chi connectivity index (χ0v) is 29.9. The molecule has 4 nitrogen and oxygen atoms in total. The van der Waals surface area contributed by atoms with Crippen molar-refractivity contribution in [2.75, 3.05) is 0 Å². The summed E-state index contributed by atoms with van der Waals surface area (Å²) in [6.07, 6.45) is 0. The molecule has 10 rings (SSSR count). The number of nitrogens with zero attached hydrogens (tertiary/aromatic N) is 4. The molecule has 0 fully saturated rings. The maximum absolute atomic E-state index is 4.92. The average Bonchev–Trinajstić information content (AvgIpc) is 3.61. The topological polar surface area (TPSA) is 43.6 Å². The van der Waals surface area contributed by atoms with E-state index in [1.54, 1.807) is 0 Å². The quantitative estimate of drug-likeness (QED) is 0.166. The fourth-order valence-electron chi connectivity index (χ4n) is 7.57. The third-order valence-corrected chi connectivity index (χ3v) is 10.3. The molecule has 4 heteroatoms. The Labute approximate surface area is 319 Å². The molecular weight excluding hydrogens is 669 g/mol. The highest BCUT2D eigenvalue weighted by atomic mass is 15.0. The minimum Gasteiger partial charge on any atom is -0.309 e. The van der Waals surface area contributed by atoms with E-state index in [1.165, 1.54) is 44.1 Å². The molecule has 2 aromatic heterocycles. The first-order valence-electron chi connectivity index (χ1n) is 18.5. The van der Waals surface area contributed by atoms with E-state index in [4.69, 9.17) is 15.0 Å². The Balaban J connectivity index is 1.03. The van der Waals surface area contributed by atoms with Crippen molar-refractivity contribution in [1.82, 2.24) is 19.5 Å². The first kappa shape index (κ1) is 32.2. The molecule has 0 atom stereocenters.